The molecular weight excluding hydrogens is 240 g/mol. The van der Waals surface area contributed by atoms with Gasteiger partial charge < -0.3 is 10.0 Å². The second-order valence-electron chi connectivity index (χ2n) is 3.86. The predicted molar refractivity (Wildman–Crippen MR) is 68.3 cm³/mol. The largest absolute Gasteiger partial charge is 0.392 e. The Kier molecular flexibility index (Phi) is 5.40. The Hall–Kier alpha value is -1.11. The van der Waals surface area contributed by atoms with Crippen molar-refractivity contribution in [2.45, 2.75) is 11.5 Å². The second-order valence-corrected chi connectivity index (χ2v) is 5.00. The number of rotatable bonds is 6. The minimum atomic E-state index is -0.451. The van der Waals surface area contributed by atoms with E-state index in [1.54, 1.807) is 17.8 Å². The van der Waals surface area contributed by atoms with Crippen molar-refractivity contribution in [1.29, 1.82) is 0 Å². The van der Waals surface area contributed by atoms with Crippen LogP contribution in [0.3, 0.4) is 0 Å². The van der Waals surface area contributed by atoms with Gasteiger partial charge >= 0.3 is 0 Å². The van der Waals surface area contributed by atoms with Crippen LogP contribution in [-0.2, 0) is 6.61 Å². The van der Waals surface area contributed by atoms with Gasteiger partial charge in [0.2, 0.25) is 0 Å². The number of aliphatic hydroxyl groups is 1. The van der Waals surface area contributed by atoms with Crippen LogP contribution >= 0.6 is 11.8 Å². The third-order valence-electron chi connectivity index (χ3n) is 2.22. The average molecular weight is 256 g/mol. The summed E-state index contributed by atoms with van der Waals surface area (Å²) in [5.41, 5.74) is 0.633. The maximum atomic E-state index is 10.6. The lowest BCUT2D eigenvalue weighted by Crippen LogP contribution is -2.14. The first-order valence-electron chi connectivity index (χ1n) is 5.20. The smallest absolute Gasteiger partial charge is 0.269 e. The quantitative estimate of drug-likeness (QED) is 0.477. The maximum Gasteiger partial charge on any atom is 0.269 e. The highest BCUT2D eigenvalue weighted by Crippen LogP contribution is 2.26. The number of aliphatic hydroxyl groups excluding tert-OH is 1. The van der Waals surface area contributed by atoms with Gasteiger partial charge in [0.15, 0.2) is 0 Å². The van der Waals surface area contributed by atoms with Gasteiger partial charge in [0.05, 0.1) is 11.5 Å². The molecule has 6 heteroatoms. The molecule has 0 saturated carbocycles. The fraction of sp³-hybridized carbons (Fsp3) is 0.455. The Morgan fingerprint density at radius 1 is 1.47 bits per heavy atom. The number of hydrogen-bond donors (Lipinski definition) is 1. The van der Waals surface area contributed by atoms with Crippen molar-refractivity contribution >= 4 is 17.4 Å². The molecule has 0 aromatic heterocycles. The molecule has 5 nitrogen and oxygen atoms in total. The molecular formula is C11H16N2O3S. The van der Waals surface area contributed by atoms with Gasteiger partial charge in [0.1, 0.15) is 0 Å². The summed E-state index contributed by atoms with van der Waals surface area (Å²) in [6, 6.07) is 4.60. The molecule has 94 valence electrons. The van der Waals surface area contributed by atoms with Crippen molar-refractivity contribution in [3.63, 3.8) is 0 Å². The number of thioether (sulfide) groups is 1. The first-order chi connectivity index (χ1) is 8.04. The molecule has 0 saturated heterocycles. The van der Waals surface area contributed by atoms with Crippen LogP contribution in [0.5, 0.6) is 0 Å². The van der Waals surface area contributed by atoms with E-state index in [2.05, 4.69) is 4.90 Å². The van der Waals surface area contributed by atoms with Crippen LogP contribution in [0.1, 0.15) is 5.56 Å². The van der Waals surface area contributed by atoms with Crippen LogP contribution in [0.4, 0.5) is 5.69 Å². The van der Waals surface area contributed by atoms with Crippen molar-refractivity contribution in [2.24, 2.45) is 0 Å². The zero-order valence-electron chi connectivity index (χ0n) is 9.92. The van der Waals surface area contributed by atoms with Gasteiger partial charge in [-0.25, -0.2) is 0 Å². The Labute approximate surface area is 105 Å². The molecule has 0 aliphatic heterocycles. The minimum Gasteiger partial charge on any atom is -0.392 e. The molecule has 0 atom stereocenters. The number of hydrogen-bond acceptors (Lipinski definition) is 5. The minimum absolute atomic E-state index is 0.0195. The van der Waals surface area contributed by atoms with Crippen molar-refractivity contribution in [3.8, 4) is 0 Å². The molecule has 1 aromatic carbocycles. The zero-order valence-corrected chi connectivity index (χ0v) is 10.7. The van der Waals surface area contributed by atoms with E-state index >= 15 is 0 Å². The highest BCUT2D eigenvalue weighted by Gasteiger charge is 2.10. The number of nitrogens with zero attached hydrogens (tertiary/aromatic N) is 2. The van der Waals surface area contributed by atoms with E-state index in [0.29, 0.717) is 5.56 Å². The van der Waals surface area contributed by atoms with Gasteiger partial charge in [0.25, 0.3) is 5.69 Å². The normalized spacial score (nSPS) is 10.8. The van der Waals surface area contributed by atoms with E-state index in [-0.39, 0.29) is 12.3 Å². The summed E-state index contributed by atoms with van der Waals surface area (Å²) in [6.45, 7) is 0.749. The molecule has 1 N–H and O–H groups in total. The Balaban J connectivity index is 2.75. The van der Waals surface area contributed by atoms with E-state index < -0.39 is 4.92 Å². The Morgan fingerprint density at radius 3 is 2.71 bits per heavy atom. The molecule has 1 aromatic rings. The first-order valence-corrected chi connectivity index (χ1v) is 6.19. The molecule has 0 unspecified atom stereocenters. The summed E-state index contributed by atoms with van der Waals surface area (Å²) in [6.07, 6.45) is 0. The lowest BCUT2D eigenvalue weighted by Gasteiger charge is -2.10. The Morgan fingerprint density at radius 2 is 2.18 bits per heavy atom. The van der Waals surface area contributed by atoms with Crippen LogP contribution in [0.25, 0.3) is 0 Å². The summed E-state index contributed by atoms with van der Waals surface area (Å²) < 4.78 is 0. The van der Waals surface area contributed by atoms with Crippen molar-refractivity contribution in [2.75, 3.05) is 26.4 Å². The summed E-state index contributed by atoms with van der Waals surface area (Å²) >= 11 is 1.60. The van der Waals surface area contributed by atoms with Crippen LogP contribution < -0.4 is 0 Å². The number of non-ortho nitro benzene ring substituents is 1. The molecule has 0 aliphatic carbocycles. The molecule has 0 aliphatic rings. The molecule has 0 bridgehead atoms. The first kappa shape index (κ1) is 14.0. The molecule has 17 heavy (non-hydrogen) atoms. The molecule has 0 amide bonds. The van der Waals surface area contributed by atoms with Gasteiger partial charge in [-0.1, -0.05) is 0 Å². The SMILES string of the molecule is CN(C)CCSc1ccc([N+](=O)[O-])cc1CO. The Bertz CT molecular complexity index is 396. The predicted octanol–water partition coefficient (Wildman–Crippen LogP) is 1.74. The van der Waals surface area contributed by atoms with Crippen molar-refractivity contribution in [3.05, 3.63) is 33.9 Å². The van der Waals surface area contributed by atoms with Crippen molar-refractivity contribution < 1.29 is 10.0 Å². The fourth-order valence-electron chi connectivity index (χ4n) is 1.28. The number of nitro groups is 1. The third kappa shape index (κ3) is 4.33. The van der Waals surface area contributed by atoms with E-state index in [9.17, 15) is 15.2 Å². The standard InChI is InChI=1S/C11H16N2O3S/c1-12(2)5-6-17-11-4-3-10(13(15)16)7-9(11)8-14/h3-4,7,14H,5-6,8H2,1-2H3. The summed E-state index contributed by atoms with van der Waals surface area (Å²) in [7, 11) is 3.98. The molecule has 0 heterocycles. The van der Waals surface area contributed by atoms with Gasteiger partial charge in [0, 0.05) is 29.3 Å². The lowest BCUT2D eigenvalue weighted by molar-refractivity contribution is -0.385. The van der Waals surface area contributed by atoms with Gasteiger partial charge in [-0.15, -0.1) is 11.8 Å². The number of nitro benzene ring substituents is 1. The maximum absolute atomic E-state index is 10.6. The van der Waals surface area contributed by atoms with Crippen LogP contribution in [0.15, 0.2) is 23.1 Å². The van der Waals surface area contributed by atoms with Gasteiger partial charge in [-0.3, -0.25) is 10.1 Å². The summed E-state index contributed by atoms with van der Waals surface area (Å²) in [5, 5.41) is 19.8. The van der Waals surface area contributed by atoms with E-state index in [1.807, 2.05) is 14.1 Å². The fourth-order valence-corrected chi connectivity index (χ4v) is 2.43. The molecule has 0 spiro atoms. The monoisotopic (exact) mass is 256 g/mol. The highest BCUT2D eigenvalue weighted by molar-refractivity contribution is 7.99. The van der Waals surface area contributed by atoms with Gasteiger partial charge in [-0.05, 0) is 25.7 Å². The average Bonchev–Trinajstić information content (AvgIpc) is 2.28. The second kappa shape index (κ2) is 6.58. The lowest BCUT2D eigenvalue weighted by atomic mass is 10.2. The van der Waals surface area contributed by atoms with Crippen LogP contribution in [0, 0.1) is 10.1 Å². The molecule has 0 fully saturated rings. The van der Waals surface area contributed by atoms with Gasteiger partial charge in [-0.2, -0.15) is 0 Å². The topological polar surface area (TPSA) is 66.6 Å². The molecule has 0 radical (unpaired) electrons. The zero-order chi connectivity index (χ0) is 12.8. The van der Waals surface area contributed by atoms with Crippen LogP contribution in [0.2, 0.25) is 0 Å². The number of benzene rings is 1. The van der Waals surface area contributed by atoms with E-state index in [4.69, 9.17) is 0 Å². The summed E-state index contributed by atoms with van der Waals surface area (Å²) in [4.78, 5) is 13.1. The molecule has 1 rings (SSSR count). The van der Waals surface area contributed by atoms with Crippen LogP contribution in [-0.4, -0.2) is 41.3 Å². The third-order valence-corrected chi connectivity index (χ3v) is 3.32. The highest BCUT2D eigenvalue weighted by atomic mass is 32.2. The van der Waals surface area contributed by atoms with E-state index in [0.717, 1.165) is 17.2 Å². The van der Waals surface area contributed by atoms with E-state index in [1.165, 1.54) is 12.1 Å². The van der Waals surface area contributed by atoms with Crippen molar-refractivity contribution in [1.82, 2.24) is 4.90 Å². The summed E-state index contributed by atoms with van der Waals surface area (Å²) in [5.74, 6) is 0.887.